The summed E-state index contributed by atoms with van der Waals surface area (Å²) in [7, 11) is 0. The zero-order chi connectivity index (χ0) is 14.5. The first-order valence-electron chi connectivity index (χ1n) is 7.90. The Morgan fingerprint density at radius 2 is 2.00 bits per heavy atom. The summed E-state index contributed by atoms with van der Waals surface area (Å²) in [5, 5.41) is 7.71. The van der Waals surface area contributed by atoms with E-state index in [1.54, 1.807) is 0 Å². The van der Waals surface area contributed by atoms with Gasteiger partial charge in [-0.15, -0.1) is 0 Å². The molecule has 2 heterocycles. The number of rotatable bonds is 5. The lowest BCUT2D eigenvalue weighted by Crippen LogP contribution is -2.42. The van der Waals surface area contributed by atoms with Crippen molar-refractivity contribution in [1.29, 1.82) is 0 Å². The summed E-state index contributed by atoms with van der Waals surface area (Å²) in [6, 6.07) is 11.4. The summed E-state index contributed by atoms with van der Waals surface area (Å²) in [5.74, 6) is 0. The van der Waals surface area contributed by atoms with Gasteiger partial charge in [0.05, 0.1) is 5.69 Å². The maximum Gasteiger partial charge on any atom is 0.0645 e. The Morgan fingerprint density at radius 3 is 2.62 bits per heavy atom. The number of piperidine rings is 1. The third-order valence-corrected chi connectivity index (χ3v) is 4.32. The van der Waals surface area contributed by atoms with Gasteiger partial charge in [0.2, 0.25) is 0 Å². The number of nitrogens with zero attached hydrogens (tertiary/aromatic N) is 3. The summed E-state index contributed by atoms with van der Waals surface area (Å²) < 4.78 is 1.90. The normalized spacial score (nSPS) is 16.5. The smallest absolute Gasteiger partial charge is 0.0645 e. The Bertz CT molecular complexity index is 526. The van der Waals surface area contributed by atoms with Crippen LogP contribution in [0.15, 0.2) is 42.7 Å². The van der Waals surface area contributed by atoms with Crippen LogP contribution in [0.4, 0.5) is 0 Å². The molecule has 0 spiro atoms. The zero-order valence-corrected chi connectivity index (χ0v) is 12.7. The van der Waals surface area contributed by atoms with E-state index in [0.29, 0.717) is 0 Å². The predicted octanol–water partition coefficient (Wildman–Crippen LogP) is 2.45. The minimum Gasteiger partial charge on any atom is -0.317 e. The molecule has 4 heteroatoms. The Labute approximate surface area is 126 Å². The number of hydrogen-bond donors (Lipinski definition) is 1. The molecule has 1 aromatic heterocycles. The Hall–Kier alpha value is -1.65. The lowest BCUT2D eigenvalue weighted by Gasteiger charge is -2.34. The predicted molar refractivity (Wildman–Crippen MR) is 85.5 cm³/mol. The molecule has 1 aliphatic rings. The third-order valence-electron chi connectivity index (χ3n) is 4.32. The van der Waals surface area contributed by atoms with Crippen molar-refractivity contribution >= 4 is 0 Å². The quantitative estimate of drug-likeness (QED) is 0.915. The summed E-state index contributed by atoms with van der Waals surface area (Å²) in [4.78, 5) is 2.60. The zero-order valence-electron chi connectivity index (χ0n) is 12.7. The third kappa shape index (κ3) is 3.52. The van der Waals surface area contributed by atoms with E-state index in [1.807, 2.05) is 23.1 Å². The van der Waals surface area contributed by atoms with Gasteiger partial charge in [-0.25, -0.2) is 4.68 Å². The molecular formula is C17H24N4. The highest BCUT2D eigenvalue weighted by Gasteiger charge is 2.19. The van der Waals surface area contributed by atoms with Crippen LogP contribution in [-0.4, -0.2) is 40.4 Å². The van der Waals surface area contributed by atoms with E-state index in [0.717, 1.165) is 37.9 Å². The van der Waals surface area contributed by atoms with Gasteiger partial charge in [0.15, 0.2) is 0 Å². The number of aromatic nitrogens is 2. The molecule has 4 nitrogen and oxygen atoms in total. The van der Waals surface area contributed by atoms with Crippen molar-refractivity contribution in [2.75, 3.05) is 19.6 Å². The monoisotopic (exact) mass is 284 g/mol. The van der Waals surface area contributed by atoms with Gasteiger partial charge < -0.3 is 5.32 Å². The molecule has 0 unspecified atom stereocenters. The van der Waals surface area contributed by atoms with Crippen molar-refractivity contribution in [1.82, 2.24) is 20.0 Å². The van der Waals surface area contributed by atoms with E-state index in [9.17, 15) is 0 Å². The van der Waals surface area contributed by atoms with Crippen LogP contribution in [0.5, 0.6) is 0 Å². The van der Waals surface area contributed by atoms with E-state index in [4.69, 9.17) is 0 Å². The van der Waals surface area contributed by atoms with Crippen molar-refractivity contribution in [3.8, 4) is 5.69 Å². The van der Waals surface area contributed by atoms with Crippen LogP contribution >= 0.6 is 0 Å². The molecule has 1 aliphatic heterocycles. The molecule has 1 aromatic carbocycles. The summed E-state index contributed by atoms with van der Waals surface area (Å²) in [6.45, 7) is 6.73. The van der Waals surface area contributed by atoms with Crippen LogP contribution in [0.2, 0.25) is 0 Å². The largest absolute Gasteiger partial charge is 0.317 e. The van der Waals surface area contributed by atoms with Crippen molar-refractivity contribution < 1.29 is 0 Å². The van der Waals surface area contributed by atoms with Gasteiger partial charge in [-0.1, -0.05) is 19.1 Å². The van der Waals surface area contributed by atoms with Crippen LogP contribution in [-0.2, 0) is 6.54 Å². The topological polar surface area (TPSA) is 33.1 Å². The van der Waals surface area contributed by atoms with E-state index in [-0.39, 0.29) is 0 Å². The average Bonchev–Trinajstić information content (AvgIpc) is 3.08. The van der Waals surface area contributed by atoms with Crippen LogP contribution < -0.4 is 5.32 Å². The minimum absolute atomic E-state index is 0.724. The number of benzene rings is 1. The molecule has 112 valence electrons. The van der Waals surface area contributed by atoms with Crippen LogP contribution in [0.3, 0.4) is 0 Å². The molecule has 0 saturated carbocycles. The van der Waals surface area contributed by atoms with E-state index in [1.165, 1.54) is 18.4 Å². The summed E-state index contributed by atoms with van der Waals surface area (Å²) in [6.07, 6.45) is 6.31. The summed E-state index contributed by atoms with van der Waals surface area (Å²) in [5.41, 5.74) is 2.50. The Balaban J connectivity index is 1.66. The molecule has 1 fully saturated rings. The van der Waals surface area contributed by atoms with Crippen LogP contribution in [0.25, 0.3) is 5.69 Å². The first kappa shape index (κ1) is 14.3. The minimum atomic E-state index is 0.724. The molecule has 0 radical (unpaired) electrons. The molecule has 1 saturated heterocycles. The second kappa shape index (κ2) is 6.87. The van der Waals surface area contributed by atoms with Crippen molar-refractivity contribution in [3.63, 3.8) is 0 Å². The summed E-state index contributed by atoms with van der Waals surface area (Å²) >= 11 is 0. The lowest BCUT2D eigenvalue weighted by molar-refractivity contribution is 0.162. The fourth-order valence-corrected chi connectivity index (χ4v) is 3.08. The van der Waals surface area contributed by atoms with E-state index >= 15 is 0 Å². The van der Waals surface area contributed by atoms with Gasteiger partial charge in [0, 0.05) is 25.0 Å². The first-order valence-corrected chi connectivity index (χ1v) is 7.90. The van der Waals surface area contributed by atoms with E-state index in [2.05, 4.69) is 46.5 Å². The van der Waals surface area contributed by atoms with Gasteiger partial charge in [-0.2, -0.15) is 5.10 Å². The van der Waals surface area contributed by atoms with E-state index < -0.39 is 0 Å². The highest BCUT2D eigenvalue weighted by Crippen LogP contribution is 2.16. The van der Waals surface area contributed by atoms with Gasteiger partial charge in [-0.05, 0) is 56.2 Å². The van der Waals surface area contributed by atoms with Crippen molar-refractivity contribution in [2.45, 2.75) is 32.4 Å². The fraction of sp³-hybridized carbons (Fsp3) is 0.471. The molecule has 1 N–H and O–H groups in total. The number of hydrogen-bond acceptors (Lipinski definition) is 3. The Morgan fingerprint density at radius 1 is 1.24 bits per heavy atom. The molecule has 0 amide bonds. The molecule has 0 bridgehead atoms. The molecular weight excluding hydrogens is 260 g/mol. The lowest BCUT2D eigenvalue weighted by atomic mass is 10.0. The molecule has 2 aromatic rings. The SMILES string of the molecule is CCN(Cc1ccc(-n2cccn2)cc1)C1CCNCC1. The second-order valence-corrected chi connectivity index (χ2v) is 5.66. The van der Waals surface area contributed by atoms with Crippen LogP contribution in [0.1, 0.15) is 25.3 Å². The van der Waals surface area contributed by atoms with Crippen molar-refractivity contribution in [2.24, 2.45) is 0 Å². The highest BCUT2D eigenvalue weighted by molar-refractivity contribution is 5.33. The van der Waals surface area contributed by atoms with Gasteiger partial charge in [0.25, 0.3) is 0 Å². The maximum atomic E-state index is 4.27. The first-order chi connectivity index (χ1) is 10.4. The standard InChI is InChI=1S/C17H24N4/c1-2-20(16-8-11-18-12-9-16)14-15-4-6-17(7-5-15)21-13-3-10-19-21/h3-7,10,13,16,18H,2,8-9,11-12,14H2,1H3. The molecule has 0 aliphatic carbocycles. The average molecular weight is 284 g/mol. The van der Waals surface area contributed by atoms with Gasteiger partial charge in [-0.3, -0.25) is 4.90 Å². The highest BCUT2D eigenvalue weighted by atomic mass is 15.3. The van der Waals surface area contributed by atoms with Gasteiger partial charge in [0.1, 0.15) is 0 Å². The molecule has 3 rings (SSSR count). The molecule has 21 heavy (non-hydrogen) atoms. The second-order valence-electron chi connectivity index (χ2n) is 5.66. The number of nitrogens with one attached hydrogen (secondary N) is 1. The fourth-order valence-electron chi connectivity index (χ4n) is 3.08. The maximum absolute atomic E-state index is 4.27. The molecule has 0 atom stereocenters. The van der Waals surface area contributed by atoms with Crippen LogP contribution in [0, 0.1) is 0 Å². The van der Waals surface area contributed by atoms with Gasteiger partial charge >= 0.3 is 0 Å². The van der Waals surface area contributed by atoms with Crippen molar-refractivity contribution in [3.05, 3.63) is 48.3 Å². The Kier molecular flexibility index (Phi) is 4.68.